The van der Waals surface area contributed by atoms with Crippen LogP contribution in [0.15, 0.2) is 18.2 Å². The van der Waals surface area contributed by atoms with Gasteiger partial charge in [-0.1, -0.05) is 0 Å². The molecule has 0 saturated carbocycles. The topological polar surface area (TPSA) is 96.2 Å². The van der Waals surface area contributed by atoms with E-state index in [9.17, 15) is 10.1 Å². The van der Waals surface area contributed by atoms with E-state index < -0.39 is 4.92 Å². The number of nitro groups is 1. The first-order chi connectivity index (χ1) is 8.13. The second kappa shape index (κ2) is 5.82. The standard InChI is InChI=1S/C11H14N4O2/c1-2-14(6-5-12)10-3-4-11(15(16)17)9(7-10)8-13/h3-4,7H,2,5-6,12H2,1H3. The fraction of sp³-hybridized carbons (Fsp3) is 0.364. The van der Waals surface area contributed by atoms with Crippen molar-refractivity contribution in [3.63, 3.8) is 0 Å². The van der Waals surface area contributed by atoms with E-state index in [2.05, 4.69) is 0 Å². The van der Waals surface area contributed by atoms with Crippen molar-refractivity contribution < 1.29 is 4.92 Å². The van der Waals surface area contributed by atoms with Crippen LogP contribution < -0.4 is 10.6 Å². The summed E-state index contributed by atoms with van der Waals surface area (Å²) in [6.45, 7) is 3.84. The predicted molar refractivity (Wildman–Crippen MR) is 64.8 cm³/mol. The maximum Gasteiger partial charge on any atom is 0.287 e. The Bertz CT molecular complexity index is 453. The Morgan fingerprint density at radius 2 is 2.29 bits per heavy atom. The molecule has 0 aliphatic carbocycles. The van der Waals surface area contributed by atoms with Crippen molar-refractivity contribution in [2.45, 2.75) is 6.92 Å². The zero-order chi connectivity index (χ0) is 12.8. The summed E-state index contributed by atoms with van der Waals surface area (Å²) in [5.74, 6) is 0. The normalized spacial score (nSPS) is 9.71. The van der Waals surface area contributed by atoms with Crippen LogP contribution >= 0.6 is 0 Å². The first-order valence-corrected chi connectivity index (χ1v) is 5.27. The molecule has 1 aromatic carbocycles. The molecule has 1 aromatic rings. The first kappa shape index (κ1) is 12.9. The molecule has 90 valence electrons. The molecule has 6 heteroatoms. The van der Waals surface area contributed by atoms with E-state index in [-0.39, 0.29) is 11.3 Å². The number of likely N-dealkylation sites (N-methyl/N-ethyl adjacent to an activating group) is 1. The molecular formula is C11H14N4O2. The van der Waals surface area contributed by atoms with Gasteiger partial charge in [0.25, 0.3) is 5.69 Å². The summed E-state index contributed by atoms with van der Waals surface area (Å²) in [7, 11) is 0. The summed E-state index contributed by atoms with van der Waals surface area (Å²) < 4.78 is 0. The molecule has 0 aromatic heterocycles. The molecule has 0 unspecified atom stereocenters. The van der Waals surface area contributed by atoms with Crippen molar-refractivity contribution in [1.82, 2.24) is 0 Å². The van der Waals surface area contributed by atoms with Gasteiger partial charge in [0.15, 0.2) is 0 Å². The first-order valence-electron chi connectivity index (χ1n) is 5.27. The van der Waals surface area contributed by atoms with Crippen LogP contribution in [0.1, 0.15) is 12.5 Å². The van der Waals surface area contributed by atoms with Crippen LogP contribution in [-0.4, -0.2) is 24.6 Å². The highest BCUT2D eigenvalue weighted by Crippen LogP contribution is 2.24. The molecule has 0 atom stereocenters. The fourth-order valence-electron chi connectivity index (χ4n) is 1.60. The van der Waals surface area contributed by atoms with Crippen LogP contribution in [0, 0.1) is 21.4 Å². The van der Waals surface area contributed by atoms with Crippen molar-refractivity contribution >= 4 is 11.4 Å². The quantitative estimate of drug-likeness (QED) is 0.611. The lowest BCUT2D eigenvalue weighted by molar-refractivity contribution is -0.385. The molecule has 0 bridgehead atoms. The summed E-state index contributed by atoms with van der Waals surface area (Å²) in [5, 5.41) is 19.6. The summed E-state index contributed by atoms with van der Waals surface area (Å²) in [4.78, 5) is 12.1. The third kappa shape index (κ3) is 2.92. The van der Waals surface area contributed by atoms with E-state index in [0.717, 1.165) is 12.2 Å². The van der Waals surface area contributed by atoms with Gasteiger partial charge < -0.3 is 10.6 Å². The lowest BCUT2D eigenvalue weighted by Gasteiger charge is -2.22. The third-order valence-electron chi connectivity index (χ3n) is 2.44. The highest BCUT2D eigenvalue weighted by molar-refractivity contribution is 5.59. The lowest BCUT2D eigenvalue weighted by Crippen LogP contribution is -2.29. The van der Waals surface area contributed by atoms with Crippen LogP contribution in [-0.2, 0) is 0 Å². The third-order valence-corrected chi connectivity index (χ3v) is 2.44. The summed E-state index contributed by atoms with van der Waals surface area (Å²) in [6.07, 6.45) is 0. The van der Waals surface area contributed by atoms with Crippen molar-refractivity contribution in [2.75, 3.05) is 24.5 Å². The van der Waals surface area contributed by atoms with Gasteiger partial charge in [0.2, 0.25) is 0 Å². The molecular weight excluding hydrogens is 220 g/mol. The van der Waals surface area contributed by atoms with E-state index in [1.165, 1.54) is 12.1 Å². The Morgan fingerprint density at radius 1 is 1.59 bits per heavy atom. The molecule has 0 amide bonds. The van der Waals surface area contributed by atoms with E-state index in [4.69, 9.17) is 11.0 Å². The molecule has 0 aliphatic heterocycles. The Kier molecular flexibility index (Phi) is 4.43. The molecule has 0 saturated heterocycles. The Balaban J connectivity index is 3.13. The molecule has 2 N–H and O–H groups in total. The Morgan fingerprint density at radius 3 is 2.76 bits per heavy atom. The van der Waals surface area contributed by atoms with Gasteiger partial charge in [-0.3, -0.25) is 10.1 Å². The molecule has 6 nitrogen and oxygen atoms in total. The van der Waals surface area contributed by atoms with Crippen LogP contribution in [0.25, 0.3) is 0 Å². The second-order valence-corrected chi connectivity index (χ2v) is 3.44. The van der Waals surface area contributed by atoms with E-state index in [0.29, 0.717) is 13.1 Å². The van der Waals surface area contributed by atoms with Crippen molar-refractivity contribution in [3.8, 4) is 6.07 Å². The molecule has 0 spiro atoms. The number of hydrogen-bond acceptors (Lipinski definition) is 5. The number of nitrogens with zero attached hydrogens (tertiary/aromatic N) is 3. The largest absolute Gasteiger partial charge is 0.371 e. The zero-order valence-electron chi connectivity index (χ0n) is 9.59. The summed E-state index contributed by atoms with van der Waals surface area (Å²) in [5.41, 5.74) is 6.16. The van der Waals surface area contributed by atoms with E-state index in [1.807, 2.05) is 17.9 Å². The number of rotatable bonds is 5. The minimum absolute atomic E-state index is 0.0722. The monoisotopic (exact) mass is 234 g/mol. The number of nitriles is 1. The van der Waals surface area contributed by atoms with Gasteiger partial charge >= 0.3 is 0 Å². The summed E-state index contributed by atoms with van der Waals surface area (Å²) >= 11 is 0. The minimum atomic E-state index is -0.554. The van der Waals surface area contributed by atoms with Gasteiger partial charge in [-0.05, 0) is 19.1 Å². The minimum Gasteiger partial charge on any atom is -0.371 e. The number of anilines is 1. The van der Waals surface area contributed by atoms with Gasteiger partial charge in [0, 0.05) is 31.4 Å². The van der Waals surface area contributed by atoms with Gasteiger partial charge in [-0.25, -0.2) is 0 Å². The second-order valence-electron chi connectivity index (χ2n) is 3.44. The van der Waals surface area contributed by atoms with Crippen LogP contribution in [0.3, 0.4) is 0 Å². The average Bonchev–Trinajstić information content (AvgIpc) is 2.34. The fourth-order valence-corrected chi connectivity index (χ4v) is 1.60. The zero-order valence-corrected chi connectivity index (χ0v) is 9.59. The number of hydrogen-bond donors (Lipinski definition) is 1. The SMILES string of the molecule is CCN(CCN)c1ccc([N+](=O)[O-])c(C#N)c1. The highest BCUT2D eigenvalue weighted by Gasteiger charge is 2.15. The summed E-state index contributed by atoms with van der Waals surface area (Å²) in [6, 6.07) is 6.36. The number of nitro benzene ring substituents is 1. The molecule has 1 rings (SSSR count). The van der Waals surface area contributed by atoms with Gasteiger partial charge in [0.1, 0.15) is 11.6 Å². The van der Waals surface area contributed by atoms with Crippen LogP contribution in [0.2, 0.25) is 0 Å². The maximum atomic E-state index is 10.7. The van der Waals surface area contributed by atoms with E-state index >= 15 is 0 Å². The van der Waals surface area contributed by atoms with Crippen molar-refractivity contribution in [3.05, 3.63) is 33.9 Å². The van der Waals surface area contributed by atoms with Crippen LogP contribution in [0.4, 0.5) is 11.4 Å². The molecule has 17 heavy (non-hydrogen) atoms. The smallest absolute Gasteiger partial charge is 0.287 e. The maximum absolute atomic E-state index is 10.7. The lowest BCUT2D eigenvalue weighted by atomic mass is 10.1. The van der Waals surface area contributed by atoms with E-state index in [1.54, 1.807) is 6.07 Å². The van der Waals surface area contributed by atoms with Crippen molar-refractivity contribution in [1.29, 1.82) is 5.26 Å². The predicted octanol–water partition coefficient (Wildman–Crippen LogP) is 1.25. The van der Waals surface area contributed by atoms with Crippen LogP contribution in [0.5, 0.6) is 0 Å². The number of nitrogens with two attached hydrogens (primary N) is 1. The van der Waals surface area contributed by atoms with Gasteiger partial charge in [0.05, 0.1) is 4.92 Å². The molecule has 0 aliphatic rings. The van der Waals surface area contributed by atoms with Crippen molar-refractivity contribution in [2.24, 2.45) is 5.73 Å². The van der Waals surface area contributed by atoms with Gasteiger partial charge in [-0.15, -0.1) is 0 Å². The molecule has 0 radical (unpaired) electrons. The average molecular weight is 234 g/mol. The molecule has 0 heterocycles. The van der Waals surface area contributed by atoms with Gasteiger partial charge in [-0.2, -0.15) is 5.26 Å². The highest BCUT2D eigenvalue weighted by atomic mass is 16.6. The Hall–Kier alpha value is -2.13. The number of benzene rings is 1. The molecule has 0 fully saturated rings. The Labute approximate surface area is 99.4 Å².